The monoisotopic (exact) mass is 332 g/mol. The number of carbonyl (C=O) groups excluding carboxylic acids is 1. The standard InChI is InChI=1S/C18H28N4O2/c1-5-19-18(22-10-8-21(9-11-22)15(3)23)20-13-16-7-6-14(2)17(12-16)24-4/h6-7,12H,5,8-11,13H2,1-4H3,(H,19,20). The van der Waals surface area contributed by atoms with Gasteiger partial charge < -0.3 is 19.9 Å². The maximum atomic E-state index is 11.4. The molecule has 1 heterocycles. The molecule has 0 unspecified atom stereocenters. The van der Waals surface area contributed by atoms with Crippen LogP contribution in [0.25, 0.3) is 0 Å². The van der Waals surface area contributed by atoms with Crippen LogP contribution < -0.4 is 10.1 Å². The molecule has 0 aliphatic carbocycles. The number of hydrogen-bond acceptors (Lipinski definition) is 3. The first kappa shape index (κ1) is 18.1. The third-order valence-electron chi connectivity index (χ3n) is 4.24. The number of amides is 1. The van der Waals surface area contributed by atoms with E-state index in [-0.39, 0.29) is 5.91 Å². The van der Waals surface area contributed by atoms with Crippen LogP contribution in [0.2, 0.25) is 0 Å². The summed E-state index contributed by atoms with van der Waals surface area (Å²) in [6, 6.07) is 6.18. The molecule has 1 amide bonds. The van der Waals surface area contributed by atoms with E-state index in [9.17, 15) is 4.79 Å². The maximum Gasteiger partial charge on any atom is 0.219 e. The van der Waals surface area contributed by atoms with Gasteiger partial charge in [-0.2, -0.15) is 0 Å². The lowest BCUT2D eigenvalue weighted by molar-refractivity contribution is -0.130. The van der Waals surface area contributed by atoms with Gasteiger partial charge in [-0.15, -0.1) is 0 Å². The highest BCUT2D eigenvalue weighted by molar-refractivity contribution is 5.80. The van der Waals surface area contributed by atoms with Crippen molar-refractivity contribution in [2.24, 2.45) is 4.99 Å². The van der Waals surface area contributed by atoms with Crippen LogP contribution >= 0.6 is 0 Å². The summed E-state index contributed by atoms with van der Waals surface area (Å²) < 4.78 is 5.38. The van der Waals surface area contributed by atoms with Crippen LogP contribution in [-0.4, -0.2) is 61.5 Å². The Morgan fingerprint density at radius 1 is 1.25 bits per heavy atom. The highest BCUT2D eigenvalue weighted by atomic mass is 16.5. The number of nitrogens with zero attached hydrogens (tertiary/aromatic N) is 3. The third kappa shape index (κ3) is 4.63. The summed E-state index contributed by atoms with van der Waals surface area (Å²) in [4.78, 5) is 20.3. The fraction of sp³-hybridized carbons (Fsp3) is 0.556. The van der Waals surface area contributed by atoms with Gasteiger partial charge in [0.15, 0.2) is 5.96 Å². The topological polar surface area (TPSA) is 57.2 Å². The third-order valence-corrected chi connectivity index (χ3v) is 4.24. The van der Waals surface area contributed by atoms with Gasteiger partial charge in [-0.05, 0) is 31.0 Å². The van der Waals surface area contributed by atoms with Crippen molar-refractivity contribution in [2.75, 3.05) is 39.8 Å². The second-order valence-electron chi connectivity index (χ2n) is 5.97. The first-order valence-corrected chi connectivity index (χ1v) is 8.47. The van der Waals surface area contributed by atoms with Crippen molar-refractivity contribution < 1.29 is 9.53 Å². The van der Waals surface area contributed by atoms with Gasteiger partial charge in [-0.1, -0.05) is 12.1 Å². The fourth-order valence-corrected chi connectivity index (χ4v) is 2.79. The molecule has 0 bridgehead atoms. The average molecular weight is 332 g/mol. The zero-order valence-corrected chi connectivity index (χ0v) is 15.1. The average Bonchev–Trinajstić information content (AvgIpc) is 2.59. The van der Waals surface area contributed by atoms with Crippen LogP contribution in [0.15, 0.2) is 23.2 Å². The number of rotatable bonds is 4. The van der Waals surface area contributed by atoms with Crippen LogP contribution in [0, 0.1) is 6.92 Å². The minimum Gasteiger partial charge on any atom is -0.496 e. The van der Waals surface area contributed by atoms with Crippen molar-refractivity contribution in [1.82, 2.24) is 15.1 Å². The predicted molar refractivity (Wildman–Crippen MR) is 96.4 cm³/mol. The van der Waals surface area contributed by atoms with Crippen molar-refractivity contribution in [3.05, 3.63) is 29.3 Å². The number of methoxy groups -OCH3 is 1. The molecule has 6 heteroatoms. The highest BCUT2D eigenvalue weighted by Crippen LogP contribution is 2.19. The number of hydrogen-bond donors (Lipinski definition) is 1. The maximum absolute atomic E-state index is 11.4. The van der Waals surface area contributed by atoms with Gasteiger partial charge in [-0.25, -0.2) is 4.99 Å². The molecule has 1 saturated heterocycles. The zero-order chi connectivity index (χ0) is 17.5. The molecule has 1 fully saturated rings. The predicted octanol–water partition coefficient (Wildman–Crippen LogP) is 1.63. The lowest BCUT2D eigenvalue weighted by Gasteiger charge is -2.36. The largest absolute Gasteiger partial charge is 0.496 e. The molecule has 6 nitrogen and oxygen atoms in total. The number of aliphatic imine (C=N–C) groups is 1. The SMILES string of the molecule is CCNC(=NCc1ccc(C)c(OC)c1)N1CCN(C(C)=O)CC1. The normalized spacial score (nSPS) is 15.4. The molecule has 1 aromatic rings. The molecular weight excluding hydrogens is 304 g/mol. The summed E-state index contributed by atoms with van der Waals surface area (Å²) in [6.45, 7) is 10.3. The Bertz CT molecular complexity index is 593. The Morgan fingerprint density at radius 2 is 1.92 bits per heavy atom. The number of carbonyl (C=O) groups is 1. The molecule has 0 saturated carbocycles. The minimum atomic E-state index is 0.142. The van der Waals surface area contributed by atoms with Crippen molar-refractivity contribution in [3.63, 3.8) is 0 Å². The van der Waals surface area contributed by atoms with Crippen LogP contribution in [-0.2, 0) is 11.3 Å². The summed E-state index contributed by atoms with van der Waals surface area (Å²) in [5.74, 6) is 1.94. The van der Waals surface area contributed by atoms with Gasteiger partial charge >= 0.3 is 0 Å². The quantitative estimate of drug-likeness (QED) is 0.673. The van der Waals surface area contributed by atoms with Gasteiger partial charge in [0.2, 0.25) is 5.91 Å². The Hall–Kier alpha value is -2.24. The van der Waals surface area contributed by atoms with E-state index >= 15 is 0 Å². The summed E-state index contributed by atoms with van der Waals surface area (Å²) in [5, 5.41) is 3.35. The molecule has 0 aromatic heterocycles. The van der Waals surface area contributed by atoms with Crippen LogP contribution in [0.1, 0.15) is 25.0 Å². The van der Waals surface area contributed by atoms with E-state index in [0.29, 0.717) is 6.54 Å². The Kier molecular flexibility index (Phi) is 6.46. The molecule has 24 heavy (non-hydrogen) atoms. The van der Waals surface area contributed by atoms with Crippen LogP contribution in [0.5, 0.6) is 5.75 Å². The summed E-state index contributed by atoms with van der Waals surface area (Å²) >= 11 is 0. The zero-order valence-electron chi connectivity index (χ0n) is 15.1. The molecule has 0 spiro atoms. The van der Waals surface area contributed by atoms with E-state index in [2.05, 4.69) is 29.3 Å². The molecule has 0 atom stereocenters. The number of ether oxygens (including phenoxy) is 1. The van der Waals surface area contributed by atoms with E-state index in [4.69, 9.17) is 9.73 Å². The Morgan fingerprint density at radius 3 is 2.50 bits per heavy atom. The molecule has 1 N–H and O–H groups in total. The Labute approximate surface area is 144 Å². The number of aryl methyl sites for hydroxylation is 1. The number of guanidine groups is 1. The molecule has 1 aromatic carbocycles. The van der Waals surface area contributed by atoms with Crippen molar-refractivity contribution in [3.8, 4) is 5.75 Å². The summed E-state index contributed by atoms with van der Waals surface area (Å²) in [5.41, 5.74) is 2.24. The smallest absolute Gasteiger partial charge is 0.219 e. The molecule has 1 aliphatic rings. The van der Waals surface area contributed by atoms with E-state index < -0.39 is 0 Å². The van der Waals surface area contributed by atoms with Crippen molar-refractivity contribution in [2.45, 2.75) is 27.3 Å². The molecular formula is C18H28N4O2. The number of piperazine rings is 1. The first-order chi connectivity index (χ1) is 11.5. The summed E-state index contributed by atoms with van der Waals surface area (Å²) in [7, 11) is 1.69. The molecule has 2 rings (SSSR count). The molecule has 1 aliphatic heterocycles. The van der Waals surface area contributed by atoms with Crippen LogP contribution in [0.4, 0.5) is 0 Å². The van der Waals surface area contributed by atoms with Gasteiger partial charge in [0.25, 0.3) is 0 Å². The van der Waals surface area contributed by atoms with E-state index in [1.807, 2.05) is 17.9 Å². The first-order valence-electron chi connectivity index (χ1n) is 8.47. The molecule has 132 valence electrons. The minimum absolute atomic E-state index is 0.142. The van der Waals surface area contributed by atoms with Gasteiger partial charge in [-0.3, -0.25) is 4.79 Å². The van der Waals surface area contributed by atoms with Crippen molar-refractivity contribution in [1.29, 1.82) is 0 Å². The second kappa shape index (κ2) is 8.57. The van der Waals surface area contributed by atoms with E-state index in [0.717, 1.165) is 55.6 Å². The second-order valence-corrected chi connectivity index (χ2v) is 5.97. The highest BCUT2D eigenvalue weighted by Gasteiger charge is 2.20. The van der Waals surface area contributed by atoms with Gasteiger partial charge in [0.1, 0.15) is 5.75 Å². The van der Waals surface area contributed by atoms with Crippen LogP contribution in [0.3, 0.4) is 0 Å². The van der Waals surface area contributed by atoms with E-state index in [1.165, 1.54) is 0 Å². The van der Waals surface area contributed by atoms with Gasteiger partial charge in [0.05, 0.1) is 13.7 Å². The summed E-state index contributed by atoms with van der Waals surface area (Å²) in [6.07, 6.45) is 0. The lowest BCUT2D eigenvalue weighted by Crippen LogP contribution is -2.53. The van der Waals surface area contributed by atoms with Gasteiger partial charge in [0, 0.05) is 39.6 Å². The number of benzene rings is 1. The number of nitrogens with one attached hydrogen (secondary N) is 1. The Balaban J connectivity index is 2.04. The van der Waals surface area contributed by atoms with E-state index in [1.54, 1.807) is 14.0 Å². The van der Waals surface area contributed by atoms with Crippen molar-refractivity contribution >= 4 is 11.9 Å². The fourth-order valence-electron chi connectivity index (χ4n) is 2.79. The lowest BCUT2D eigenvalue weighted by atomic mass is 10.1. The molecule has 0 radical (unpaired) electrons.